The first-order valence-electron chi connectivity index (χ1n) is 14.9. The van der Waals surface area contributed by atoms with E-state index in [1.807, 2.05) is 19.1 Å². The van der Waals surface area contributed by atoms with Crippen molar-refractivity contribution in [2.75, 3.05) is 13.1 Å². The van der Waals surface area contributed by atoms with Crippen LogP contribution in [0.5, 0.6) is 0 Å². The van der Waals surface area contributed by atoms with E-state index in [2.05, 4.69) is 66.6 Å². The molecule has 1 fully saturated rings. The van der Waals surface area contributed by atoms with Crippen LogP contribution in [0.25, 0.3) is 11.2 Å². The van der Waals surface area contributed by atoms with E-state index in [0.29, 0.717) is 37.1 Å². The van der Waals surface area contributed by atoms with E-state index in [0.717, 1.165) is 17.7 Å². The molecule has 1 saturated heterocycles. The number of aromatic nitrogens is 4. The van der Waals surface area contributed by atoms with Crippen molar-refractivity contribution >= 4 is 22.7 Å². The highest BCUT2D eigenvalue weighted by atomic mass is 16.6. The Labute approximate surface area is 248 Å². The number of carbonyl (C=O) groups is 2. The lowest BCUT2D eigenvalue weighted by Gasteiger charge is -2.30. The van der Waals surface area contributed by atoms with Crippen LogP contribution in [0.15, 0.2) is 36.9 Å². The van der Waals surface area contributed by atoms with Gasteiger partial charge in [0.15, 0.2) is 11.9 Å². The highest BCUT2D eigenvalue weighted by Crippen LogP contribution is 2.32. The minimum atomic E-state index is -1.14. The number of ether oxygens (including phenoxy) is 1. The Hall–Kier alpha value is -3.05. The van der Waals surface area contributed by atoms with Crippen LogP contribution in [-0.2, 0) is 26.2 Å². The number of aryl methyl sites for hydroxylation is 1. The number of hydrogen-bond donors (Lipinski definition) is 2. The summed E-state index contributed by atoms with van der Waals surface area (Å²) in [7, 11) is 0. The van der Waals surface area contributed by atoms with Gasteiger partial charge in [-0.15, -0.1) is 0 Å². The SMILES string of the molecule is Cc1ncnc2c1ncn2C1OC(CN(CCCCC(=O)CC(=O)Cc2ccc(C(C)(C)C)cc2)C(C)C)[C@@H](O)[C@@H]1O. The number of carbonyl (C=O) groups excluding carboxylic acids is 2. The summed E-state index contributed by atoms with van der Waals surface area (Å²) >= 11 is 0. The number of benzene rings is 1. The molecule has 4 atom stereocenters. The Bertz CT molecular complexity index is 1360. The number of fused-ring (bicyclic) bond motifs is 1. The van der Waals surface area contributed by atoms with Crippen molar-refractivity contribution in [3.63, 3.8) is 0 Å². The smallest absolute Gasteiger partial charge is 0.165 e. The number of aliphatic hydroxyl groups excluding tert-OH is 2. The fraction of sp³-hybridized carbons (Fsp3) is 0.594. The third kappa shape index (κ3) is 7.66. The molecular formula is C32H45N5O5. The predicted octanol–water partition coefficient (Wildman–Crippen LogP) is 3.70. The predicted molar refractivity (Wildman–Crippen MR) is 160 cm³/mol. The molecular weight excluding hydrogens is 534 g/mol. The maximum absolute atomic E-state index is 12.5. The lowest BCUT2D eigenvalue weighted by Crippen LogP contribution is -2.43. The van der Waals surface area contributed by atoms with Crippen molar-refractivity contribution in [1.82, 2.24) is 24.4 Å². The zero-order chi connectivity index (χ0) is 30.6. The minimum Gasteiger partial charge on any atom is -0.387 e. The largest absolute Gasteiger partial charge is 0.387 e. The molecule has 2 aromatic heterocycles. The maximum Gasteiger partial charge on any atom is 0.165 e. The Morgan fingerprint density at radius 1 is 1.02 bits per heavy atom. The summed E-state index contributed by atoms with van der Waals surface area (Å²) in [5.74, 6) is -0.0883. The number of Topliss-reactive ketones (excluding diaryl/α,β-unsaturated/α-hetero) is 2. The summed E-state index contributed by atoms with van der Waals surface area (Å²) in [5, 5.41) is 21.6. The monoisotopic (exact) mass is 579 g/mol. The van der Waals surface area contributed by atoms with Crippen LogP contribution in [0.4, 0.5) is 0 Å². The number of unbranched alkanes of at least 4 members (excludes halogenated alkanes) is 1. The number of aliphatic hydroxyl groups is 2. The quantitative estimate of drug-likeness (QED) is 0.230. The number of imidazole rings is 1. The second-order valence-electron chi connectivity index (χ2n) is 12.8. The summed E-state index contributed by atoms with van der Waals surface area (Å²) in [5.41, 5.74) is 4.10. The Kier molecular flexibility index (Phi) is 10.2. The van der Waals surface area contributed by atoms with E-state index in [9.17, 15) is 19.8 Å². The molecule has 3 aromatic rings. The standard InChI is InChI=1S/C32H45N5O5/c1-20(2)36(14-8-7-9-24(38)16-25(39)15-22-10-12-23(13-11-22)32(4,5)6)17-26-28(40)29(41)31(42-26)37-19-35-27-21(3)33-18-34-30(27)37/h10-13,18-20,26,28-29,31,40-41H,7-9,14-17H2,1-6H3/t26?,28-,29+,31?/m1/s1. The van der Waals surface area contributed by atoms with Gasteiger partial charge in [0.2, 0.25) is 0 Å². The number of rotatable bonds is 13. The van der Waals surface area contributed by atoms with Gasteiger partial charge in [0, 0.05) is 25.4 Å². The Morgan fingerprint density at radius 2 is 1.74 bits per heavy atom. The molecule has 1 aliphatic rings. The van der Waals surface area contributed by atoms with Crippen molar-refractivity contribution in [3.8, 4) is 0 Å². The molecule has 0 saturated carbocycles. The normalized spacial score (nSPS) is 21.1. The first-order chi connectivity index (χ1) is 19.8. The van der Waals surface area contributed by atoms with Gasteiger partial charge in [-0.25, -0.2) is 15.0 Å². The summed E-state index contributed by atoms with van der Waals surface area (Å²) < 4.78 is 7.79. The van der Waals surface area contributed by atoms with Crippen LogP contribution in [0.3, 0.4) is 0 Å². The van der Waals surface area contributed by atoms with E-state index in [1.165, 1.54) is 11.9 Å². The number of ketones is 2. The average molecular weight is 580 g/mol. The molecule has 228 valence electrons. The Morgan fingerprint density at radius 3 is 2.40 bits per heavy atom. The zero-order valence-electron chi connectivity index (χ0n) is 25.7. The van der Waals surface area contributed by atoms with Crippen molar-refractivity contribution < 1.29 is 24.5 Å². The molecule has 0 radical (unpaired) electrons. The van der Waals surface area contributed by atoms with Gasteiger partial charge in [-0.3, -0.25) is 19.1 Å². The van der Waals surface area contributed by atoms with Crippen molar-refractivity contribution in [2.24, 2.45) is 0 Å². The Balaban J connectivity index is 1.23. The van der Waals surface area contributed by atoms with E-state index < -0.39 is 24.5 Å². The van der Waals surface area contributed by atoms with Crippen LogP contribution in [0, 0.1) is 6.92 Å². The van der Waals surface area contributed by atoms with Crippen LogP contribution in [0.2, 0.25) is 0 Å². The van der Waals surface area contributed by atoms with E-state index in [1.54, 1.807) is 10.9 Å². The van der Waals surface area contributed by atoms with Gasteiger partial charge in [-0.2, -0.15) is 0 Å². The second-order valence-corrected chi connectivity index (χ2v) is 12.8. The molecule has 42 heavy (non-hydrogen) atoms. The van der Waals surface area contributed by atoms with Gasteiger partial charge in [0.25, 0.3) is 0 Å². The average Bonchev–Trinajstić information content (AvgIpc) is 3.47. The van der Waals surface area contributed by atoms with Crippen LogP contribution in [0.1, 0.15) is 83.4 Å². The maximum atomic E-state index is 12.5. The third-order valence-corrected chi connectivity index (χ3v) is 8.06. The fourth-order valence-electron chi connectivity index (χ4n) is 5.41. The minimum absolute atomic E-state index is 0.0328. The zero-order valence-corrected chi connectivity index (χ0v) is 25.7. The summed E-state index contributed by atoms with van der Waals surface area (Å²) in [6.07, 6.45) is 1.40. The van der Waals surface area contributed by atoms with Crippen LogP contribution in [-0.4, -0.2) is 83.6 Å². The fourth-order valence-corrected chi connectivity index (χ4v) is 5.41. The molecule has 3 heterocycles. The lowest BCUT2D eigenvalue weighted by molar-refractivity contribution is -0.126. The van der Waals surface area contributed by atoms with Crippen LogP contribution < -0.4 is 0 Å². The molecule has 10 heteroatoms. The molecule has 0 amide bonds. The summed E-state index contributed by atoms with van der Waals surface area (Å²) in [6, 6.07) is 8.22. The van der Waals surface area contributed by atoms with Crippen molar-refractivity contribution in [2.45, 2.75) is 110 Å². The summed E-state index contributed by atoms with van der Waals surface area (Å²) in [6.45, 7) is 13.5. The van der Waals surface area contributed by atoms with E-state index in [-0.39, 0.29) is 35.9 Å². The lowest BCUT2D eigenvalue weighted by atomic mass is 9.86. The van der Waals surface area contributed by atoms with Gasteiger partial charge < -0.3 is 14.9 Å². The first kappa shape index (κ1) is 31.9. The van der Waals surface area contributed by atoms with Gasteiger partial charge >= 0.3 is 0 Å². The third-order valence-electron chi connectivity index (χ3n) is 8.06. The molecule has 2 unspecified atom stereocenters. The van der Waals surface area contributed by atoms with Crippen LogP contribution >= 0.6 is 0 Å². The number of nitrogens with zero attached hydrogens (tertiary/aromatic N) is 5. The van der Waals surface area contributed by atoms with E-state index in [4.69, 9.17) is 4.74 Å². The molecule has 4 rings (SSSR count). The van der Waals surface area contributed by atoms with E-state index >= 15 is 0 Å². The van der Waals surface area contributed by atoms with Gasteiger partial charge in [-0.1, -0.05) is 45.0 Å². The molecule has 1 aromatic carbocycles. The van der Waals surface area contributed by atoms with Crippen molar-refractivity contribution in [3.05, 3.63) is 53.7 Å². The van der Waals surface area contributed by atoms with Gasteiger partial charge in [-0.05, 0) is 56.7 Å². The molecule has 10 nitrogen and oxygen atoms in total. The second kappa shape index (κ2) is 13.5. The molecule has 2 N–H and O–H groups in total. The molecule has 0 bridgehead atoms. The number of hydrogen-bond acceptors (Lipinski definition) is 9. The highest BCUT2D eigenvalue weighted by molar-refractivity contribution is 5.99. The molecule has 0 spiro atoms. The summed E-state index contributed by atoms with van der Waals surface area (Å²) in [4.78, 5) is 40.0. The van der Waals surface area contributed by atoms with Gasteiger partial charge in [0.1, 0.15) is 41.7 Å². The van der Waals surface area contributed by atoms with Crippen molar-refractivity contribution in [1.29, 1.82) is 0 Å². The molecule has 0 aliphatic carbocycles. The molecule has 1 aliphatic heterocycles. The van der Waals surface area contributed by atoms with Gasteiger partial charge in [0.05, 0.1) is 18.4 Å². The highest BCUT2D eigenvalue weighted by Gasteiger charge is 2.45. The first-order valence-corrected chi connectivity index (χ1v) is 14.9. The topological polar surface area (TPSA) is 131 Å².